The van der Waals surface area contributed by atoms with E-state index in [0.29, 0.717) is 35.4 Å². The number of ether oxygens (including phenoxy) is 4. The Morgan fingerprint density at radius 3 is 1.47 bits per heavy atom. The van der Waals surface area contributed by atoms with Gasteiger partial charge in [-0.25, -0.2) is 0 Å². The average molecular weight is 779 g/mol. The lowest BCUT2D eigenvalue weighted by molar-refractivity contribution is -0.0505. The van der Waals surface area contributed by atoms with E-state index >= 15 is 0 Å². The highest BCUT2D eigenvalue weighted by Gasteiger charge is 2.46. The number of aromatic nitrogens is 4. The molecule has 3 aromatic carbocycles. The van der Waals surface area contributed by atoms with Crippen LogP contribution in [-0.4, -0.2) is 82.4 Å². The summed E-state index contributed by atoms with van der Waals surface area (Å²) in [6, 6.07) is 25.1. The van der Waals surface area contributed by atoms with Crippen molar-refractivity contribution in [2.24, 2.45) is 23.7 Å². The van der Waals surface area contributed by atoms with Gasteiger partial charge in [-0.2, -0.15) is 0 Å². The van der Waals surface area contributed by atoms with Crippen LogP contribution in [0.2, 0.25) is 0 Å². The van der Waals surface area contributed by atoms with Crippen molar-refractivity contribution >= 4 is 32.6 Å². The number of methoxy groups -OCH3 is 2. The van der Waals surface area contributed by atoms with E-state index in [1.165, 1.54) is 25.7 Å². The third kappa shape index (κ3) is 6.58. The molecule has 6 saturated heterocycles. The number of hydrogen-bond donors (Lipinski definition) is 0. The fourth-order valence-corrected chi connectivity index (χ4v) is 11.1. The van der Waals surface area contributed by atoms with Gasteiger partial charge in [0, 0.05) is 47.4 Å². The number of fused-ring (bicyclic) bond motifs is 9. The van der Waals surface area contributed by atoms with E-state index in [2.05, 4.69) is 72.2 Å². The van der Waals surface area contributed by atoms with Gasteiger partial charge in [0.15, 0.2) is 0 Å². The molecule has 6 aromatic rings. The highest BCUT2D eigenvalue weighted by atomic mass is 16.5. The Balaban J connectivity index is 1.06. The Bertz CT molecular complexity index is 2280. The lowest BCUT2D eigenvalue weighted by atomic mass is 9.72. The largest absolute Gasteiger partial charge is 0.497 e. The van der Waals surface area contributed by atoms with Crippen LogP contribution in [0.4, 0.5) is 0 Å². The summed E-state index contributed by atoms with van der Waals surface area (Å²) in [5.74, 6) is 5.39. The molecule has 0 aliphatic carbocycles. The minimum Gasteiger partial charge on any atom is -0.497 e. The highest BCUT2D eigenvalue weighted by Crippen LogP contribution is 2.47. The molecule has 6 aliphatic rings. The summed E-state index contributed by atoms with van der Waals surface area (Å²) in [6.07, 6.45) is 10.2. The molecule has 0 radical (unpaired) electrons. The number of hydrogen-bond acceptors (Lipinski definition) is 10. The first kappa shape index (κ1) is 37.2. The van der Waals surface area contributed by atoms with E-state index in [1.54, 1.807) is 14.2 Å². The molecule has 9 heterocycles. The molecule has 10 nitrogen and oxygen atoms in total. The second-order valence-corrected chi connectivity index (χ2v) is 17.0. The fourth-order valence-electron chi connectivity index (χ4n) is 11.1. The molecule has 0 N–H and O–H groups in total. The maximum atomic E-state index is 7.30. The predicted octanol–water partition coefficient (Wildman–Crippen LogP) is 9.22. The van der Waals surface area contributed by atoms with Crippen LogP contribution in [0, 0.1) is 23.7 Å². The molecule has 300 valence electrons. The smallest absolute Gasteiger partial charge is 0.242 e. The van der Waals surface area contributed by atoms with Gasteiger partial charge in [-0.1, -0.05) is 38.8 Å². The zero-order valence-corrected chi connectivity index (χ0v) is 34.1. The van der Waals surface area contributed by atoms with Gasteiger partial charge in [0.2, 0.25) is 11.8 Å². The zero-order chi connectivity index (χ0) is 39.3. The van der Waals surface area contributed by atoms with Crippen LogP contribution in [0.15, 0.2) is 85.2 Å². The zero-order valence-electron chi connectivity index (χ0n) is 34.1. The van der Waals surface area contributed by atoms with Crippen molar-refractivity contribution in [1.82, 2.24) is 30.0 Å². The number of nitrogens with zero attached hydrogens (tertiary/aromatic N) is 6. The summed E-state index contributed by atoms with van der Waals surface area (Å²) in [4.78, 5) is 14.8. The number of rotatable bonds is 12. The van der Waals surface area contributed by atoms with Crippen LogP contribution in [-0.2, 0) is 0 Å². The van der Waals surface area contributed by atoms with Gasteiger partial charge < -0.3 is 18.9 Å². The monoisotopic (exact) mass is 778 g/mol. The van der Waals surface area contributed by atoms with Crippen molar-refractivity contribution < 1.29 is 18.9 Å². The highest BCUT2D eigenvalue weighted by molar-refractivity contribution is 5.91. The maximum Gasteiger partial charge on any atom is 0.242 e. The average Bonchev–Trinajstić information content (AvgIpc) is 3.29. The first-order valence-corrected chi connectivity index (χ1v) is 21.5. The van der Waals surface area contributed by atoms with Crippen molar-refractivity contribution in [2.45, 2.75) is 76.7 Å². The Morgan fingerprint density at radius 1 is 0.603 bits per heavy atom. The predicted molar refractivity (Wildman–Crippen MR) is 227 cm³/mol. The van der Waals surface area contributed by atoms with Crippen LogP contribution < -0.4 is 18.9 Å². The van der Waals surface area contributed by atoms with Gasteiger partial charge in [0.25, 0.3) is 0 Å². The molecule has 10 atom stereocenters. The number of piperidine rings is 6. The van der Waals surface area contributed by atoms with Crippen molar-refractivity contribution in [2.75, 3.05) is 40.4 Å². The molecule has 0 amide bonds. The molecule has 0 spiro atoms. The maximum absolute atomic E-state index is 7.30. The summed E-state index contributed by atoms with van der Waals surface area (Å²) >= 11 is 0. The third-order valence-electron chi connectivity index (χ3n) is 14.3. The van der Waals surface area contributed by atoms with Crippen molar-refractivity contribution in [1.29, 1.82) is 0 Å². The standard InChI is InChI=1S/C48H54N6O4/c1-5-29-27-53-21-17-31(29)23-43(53)45(35-15-19-49-41-13-11-33(55-3)25-39(35)41)57-47-37-9-7-8-10-38(37)48(52-51-47)58-46(44-24-32-18-22-54(44)28-30(32)6-2)36-16-20-50-42-14-12-34(56-4)26-40(36)42/h7-16,19-20,25-26,29-32,43-46H,5-6,17-18,21-24,27-28H2,1-4H3/t29-,30+,31-,32-,43+,44+,45+,46+/m0/s1. The van der Waals surface area contributed by atoms with Crippen LogP contribution in [0.3, 0.4) is 0 Å². The van der Waals surface area contributed by atoms with Crippen molar-refractivity contribution in [3.63, 3.8) is 0 Å². The molecule has 2 unspecified atom stereocenters. The second-order valence-electron chi connectivity index (χ2n) is 17.0. The Labute approximate surface area is 340 Å². The van der Waals surface area contributed by atoms with Gasteiger partial charge in [0.1, 0.15) is 23.7 Å². The Morgan fingerprint density at radius 2 is 1.07 bits per heavy atom. The SMILES string of the molecule is CC[C@@H]1CN2CC[C@H]1C[C@@H]2[C@H](Oc1nnc(O[C@H](c2ccnc3ccc(OC)cc23)[C@H]2C[C@@H]3CCN2C[C@@H]3CC)c2ccccc12)c1ccnc2ccc(OC)cc12. The second kappa shape index (κ2) is 15.6. The third-order valence-corrected chi connectivity index (χ3v) is 14.3. The minimum atomic E-state index is -0.300. The summed E-state index contributed by atoms with van der Waals surface area (Å²) in [7, 11) is 3.42. The van der Waals surface area contributed by atoms with E-state index in [0.717, 1.165) is 94.2 Å². The molecule has 3 aromatic heterocycles. The topological polar surface area (TPSA) is 95.0 Å². The fraction of sp³-hybridized carbons (Fsp3) is 0.458. The molecule has 10 heteroatoms. The number of benzene rings is 3. The minimum absolute atomic E-state index is 0.180. The summed E-state index contributed by atoms with van der Waals surface area (Å²) in [5.41, 5.74) is 4.01. The lowest BCUT2D eigenvalue weighted by Gasteiger charge is -2.52. The molecule has 6 aliphatic heterocycles. The van der Waals surface area contributed by atoms with Gasteiger partial charge in [0.05, 0.1) is 48.1 Å². The summed E-state index contributed by atoms with van der Waals surface area (Å²) < 4.78 is 26.0. The molecule has 0 saturated carbocycles. The Hall–Kier alpha value is -5.06. The van der Waals surface area contributed by atoms with Crippen LogP contribution in [0.25, 0.3) is 32.6 Å². The molecule has 58 heavy (non-hydrogen) atoms. The van der Waals surface area contributed by atoms with Gasteiger partial charge in [-0.3, -0.25) is 19.8 Å². The van der Waals surface area contributed by atoms with Gasteiger partial charge in [-0.15, -0.1) is 10.2 Å². The van der Waals surface area contributed by atoms with Crippen LogP contribution in [0.5, 0.6) is 23.3 Å². The van der Waals surface area contributed by atoms with E-state index < -0.39 is 0 Å². The van der Waals surface area contributed by atoms with E-state index in [-0.39, 0.29) is 24.3 Å². The molecule has 4 bridgehead atoms. The Kier molecular flexibility index (Phi) is 10.0. The quantitative estimate of drug-likeness (QED) is 0.120. The van der Waals surface area contributed by atoms with Crippen LogP contribution >= 0.6 is 0 Å². The van der Waals surface area contributed by atoms with Crippen molar-refractivity contribution in [3.8, 4) is 23.3 Å². The van der Waals surface area contributed by atoms with Gasteiger partial charge >= 0.3 is 0 Å². The van der Waals surface area contributed by atoms with Crippen LogP contribution in [0.1, 0.15) is 75.7 Å². The summed E-state index contributed by atoms with van der Waals surface area (Å²) in [6.45, 7) is 9.00. The van der Waals surface area contributed by atoms with Crippen molar-refractivity contribution in [3.05, 3.63) is 96.3 Å². The molecular formula is C48H54N6O4. The normalized spacial score (nSPS) is 27.4. The van der Waals surface area contributed by atoms with Gasteiger partial charge in [-0.05, 0) is 123 Å². The number of pyridine rings is 2. The first-order valence-electron chi connectivity index (χ1n) is 21.5. The van der Waals surface area contributed by atoms with E-state index in [9.17, 15) is 0 Å². The van der Waals surface area contributed by atoms with E-state index in [1.807, 2.05) is 36.7 Å². The molecular weight excluding hydrogens is 725 g/mol. The molecule has 12 rings (SSSR count). The molecule has 6 fully saturated rings. The summed E-state index contributed by atoms with van der Waals surface area (Å²) in [5, 5.41) is 13.7. The lowest BCUT2D eigenvalue weighted by Crippen LogP contribution is -2.56. The first-order chi connectivity index (χ1) is 28.5. The van der Waals surface area contributed by atoms with E-state index in [4.69, 9.17) is 39.1 Å².